The molecule has 3 N–H and O–H groups in total. The smallest absolute Gasteiger partial charge is 0.161 e. The highest BCUT2D eigenvalue weighted by Crippen LogP contribution is 2.34. The Morgan fingerprint density at radius 3 is 2.31 bits per heavy atom. The lowest BCUT2D eigenvalue weighted by Crippen LogP contribution is -2.11. The van der Waals surface area contributed by atoms with Gasteiger partial charge in [-0.1, -0.05) is 45.4 Å². The first kappa shape index (κ1) is 27.1. The van der Waals surface area contributed by atoms with Gasteiger partial charge in [0, 0.05) is 33.1 Å². The van der Waals surface area contributed by atoms with E-state index in [1.54, 1.807) is 30.3 Å². The Bertz CT molecular complexity index is 1040. The summed E-state index contributed by atoms with van der Waals surface area (Å²) in [6.07, 6.45) is 3.73. The summed E-state index contributed by atoms with van der Waals surface area (Å²) in [5, 5.41) is 3.42. The molecule has 0 amide bonds. The number of carbonyl (C=O) groups excluding carboxylic acids is 1. The zero-order chi connectivity index (χ0) is 24.4. The summed E-state index contributed by atoms with van der Waals surface area (Å²) in [5.41, 5.74) is 10.2. The van der Waals surface area contributed by atoms with Gasteiger partial charge in [-0.25, -0.2) is 4.39 Å². The Kier molecular flexibility index (Phi) is 10.9. The first-order chi connectivity index (χ1) is 15.3. The van der Waals surface area contributed by atoms with Crippen molar-refractivity contribution in [2.24, 2.45) is 4.99 Å². The van der Waals surface area contributed by atoms with Gasteiger partial charge in [0.1, 0.15) is 5.82 Å². The van der Waals surface area contributed by atoms with Gasteiger partial charge in [-0.2, -0.15) is 0 Å². The fraction of sp³-hybridized carbons (Fsp3) is 0.308. The fourth-order valence-corrected chi connectivity index (χ4v) is 3.34. The molecule has 0 bridgehead atoms. The summed E-state index contributed by atoms with van der Waals surface area (Å²) in [6.45, 7) is 13.3. The van der Waals surface area contributed by atoms with E-state index < -0.39 is 5.82 Å². The number of nitrogens with one attached hydrogen (secondary N) is 1. The van der Waals surface area contributed by atoms with E-state index >= 15 is 0 Å². The molecule has 3 rings (SSSR count). The molecular formula is C26H33ClFN3O. The van der Waals surface area contributed by atoms with Crippen LogP contribution in [0.1, 0.15) is 54.0 Å². The lowest BCUT2D eigenvalue weighted by Gasteiger charge is -2.17. The average molecular weight is 458 g/mol. The summed E-state index contributed by atoms with van der Waals surface area (Å²) in [6, 6.07) is 9.63. The molecule has 1 aliphatic rings. The van der Waals surface area contributed by atoms with E-state index in [9.17, 15) is 9.18 Å². The highest BCUT2D eigenvalue weighted by molar-refractivity contribution is 6.41. The van der Waals surface area contributed by atoms with E-state index in [1.807, 2.05) is 53.7 Å². The SMILES string of the molecule is C/C=C(\C1=N[C@H](C)C=C1C(C)=O)c1cc(N)ccc1Nc1ccc(Cl)cc1F.CC.CC. The Labute approximate surface area is 196 Å². The number of benzene rings is 2. The van der Waals surface area contributed by atoms with Crippen LogP contribution in [0.5, 0.6) is 0 Å². The van der Waals surface area contributed by atoms with E-state index in [0.29, 0.717) is 27.7 Å². The molecule has 0 radical (unpaired) electrons. The number of nitrogens with two attached hydrogens (primary N) is 1. The van der Waals surface area contributed by atoms with Crippen molar-refractivity contribution in [1.82, 2.24) is 0 Å². The average Bonchev–Trinajstić information content (AvgIpc) is 3.17. The normalized spacial score (nSPS) is 14.9. The monoisotopic (exact) mass is 457 g/mol. The minimum absolute atomic E-state index is 0.0513. The van der Waals surface area contributed by atoms with Gasteiger partial charge in [0.05, 0.1) is 17.4 Å². The molecule has 6 heteroatoms. The van der Waals surface area contributed by atoms with Crippen LogP contribution in [-0.2, 0) is 4.79 Å². The van der Waals surface area contributed by atoms with Gasteiger partial charge in [-0.15, -0.1) is 0 Å². The zero-order valence-corrected chi connectivity index (χ0v) is 20.6. The van der Waals surface area contributed by atoms with Crippen molar-refractivity contribution in [3.8, 4) is 0 Å². The molecule has 4 nitrogen and oxygen atoms in total. The number of Topliss-reactive ketones (excluding diaryl/α,β-unsaturated/α-hetero) is 1. The van der Waals surface area contributed by atoms with Crippen LogP contribution in [0.25, 0.3) is 5.57 Å². The van der Waals surface area contributed by atoms with Crippen LogP contribution in [-0.4, -0.2) is 17.5 Å². The van der Waals surface area contributed by atoms with Crippen LogP contribution in [0.2, 0.25) is 5.02 Å². The molecule has 0 saturated heterocycles. The highest BCUT2D eigenvalue weighted by atomic mass is 35.5. The summed E-state index contributed by atoms with van der Waals surface area (Å²) in [5.74, 6) is -0.516. The summed E-state index contributed by atoms with van der Waals surface area (Å²) < 4.78 is 14.3. The number of nitrogen functional groups attached to an aromatic ring is 1. The largest absolute Gasteiger partial charge is 0.399 e. The molecule has 1 atom stereocenters. The van der Waals surface area contributed by atoms with Gasteiger partial charge in [0.25, 0.3) is 0 Å². The molecule has 0 saturated carbocycles. The Hall–Kier alpha value is -2.92. The third-order valence-corrected chi connectivity index (χ3v) is 4.69. The van der Waals surface area contributed by atoms with Crippen molar-refractivity contribution in [3.63, 3.8) is 0 Å². The number of hydrogen-bond donors (Lipinski definition) is 2. The number of ketones is 1. The van der Waals surface area contributed by atoms with Crippen LogP contribution >= 0.6 is 11.6 Å². The Morgan fingerprint density at radius 1 is 1.12 bits per heavy atom. The molecule has 0 unspecified atom stereocenters. The predicted molar refractivity (Wildman–Crippen MR) is 138 cm³/mol. The Morgan fingerprint density at radius 2 is 1.75 bits per heavy atom. The molecule has 1 aliphatic heterocycles. The van der Waals surface area contributed by atoms with E-state index in [0.717, 1.165) is 11.1 Å². The highest BCUT2D eigenvalue weighted by Gasteiger charge is 2.25. The topological polar surface area (TPSA) is 67.5 Å². The van der Waals surface area contributed by atoms with Crippen molar-refractivity contribution in [2.75, 3.05) is 11.1 Å². The molecule has 0 spiro atoms. The predicted octanol–water partition coefficient (Wildman–Crippen LogP) is 7.62. The lowest BCUT2D eigenvalue weighted by atomic mass is 9.93. The van der Waals surface area contributed by atoms with Crippen molar-refractivity contribution in [3.05, 3.63) is 70.5 Å². The molecule has 0 aromatic heterocycles. The number of hydrogen-bond acceptors (Lipinski definition) is 4. The molecule has 2 aromatic rings. The second-order valence-electron chi connectivity index (χ2n) is 6.61. The van der Waals surface area contributed by atoms with Crippen molar-refractivity contribution in [1.29, 1.82) is 0 Å². The van der Waals surface area contributed by atoms with Gasteiger partial charge in [0.2, 0.25) is 0 Å². The Balaban J connectivity index is 0.00000121. The number of halogens is 2. The maximum Gasteiger partial charge on any atom is 0.161 e. The summed E-state index contributed by atoms with van der Waals surface area (Å²) in [4.78, 5) is 16.7. The van der Waals surface area contributed by atoms with E-state index in [2.05, 4.69) is 10.3 Å². The van der Waals surface area contributed by atoms with Crippen LogP contribution < -0.4 is 11.1 Å². The van der Waals surface area contributed by atoms with Crippen molar-refractivity contribution >= 4 is 45.7 Å². The van der Waals surface area contributed by atoms with E-state index in [-0.39, 0.29) is 17.5 Å². The third-order valence-electron chi connectivity index (χ3n) is 4.45. The molecule has 32 heavy (non-hydrogen) atoms. The maximum absolute atomic E-state index is 14.3. The van der Waals surface area contributed by atoms with Gasteiger partial charge >= 0.3 is 0 Å². The number of allylic oxidation sites excluding steroid dienone is 3. The van der Waals surface area contributed by atoms with Crippen LogP contribution in [0.4, 0.5) is 21.5 Å². The fourth-order valence-electron chi connectivity index (χ4n) is 3.18. The van der Waals surface area contributed by atoms with E-state index in [4.69, 9.17) is 17.3 Å². The molecule has 2 aromatic carbocycles. The molecule has 172 valence electrons. The van der Waals surface area contributed by atoms with Gasteiger partial charge in [-0.05, 0) is 63.2 Å². The zero-order valence-electron chi connectivity index (χ0n) is 19.9. The van der Waals surface area contributed by atoms with Crippen LogP contribution in [0.3, 0.4) is 0 Å². The molecule has 0 fully saturated rings. The standard InChI is InChI=1S/C22H21ClFN3O.2C2H6/c1-4-16(22-17(13(3)28)9-12(2)26-22)18-11-15(25)6-8-20(18)27-21-7-5-14(23)10-19(21)24;2*1-2/h4-12,27H,25H2,1-3H3;2*1-2H3/b16-4-;;/t12-;;/m1../s1. The number of nitrogens with zero attached hydrogens (tertiary/aromatic N) is 1. The maximum atomic E-state index is 14.3. The van der Waals surface area contributed by atoms with Gasteiger partial charge < -0.3 is 11.1 Å². The minimum atomic E-state index is -0.464. The molecule has 0 aliphatic carbocycles. The number of carbonyl (C=O) groups is 1. The second-order valence-corrected chi connectivity index (χ2v) is 7.05. The second kappa shape index (κ2) is 12.8. The van der Waals surface area contributed by atoms with Crippen molar-refractivity contribution < 1.29 is 9.18 Å². The molecule has 1 heterocycles. The van der Waals surface area contributed by atoms with Crippen LogP contribution in [0.15, 0.2) is 59.1 Å². The summed E-state index contributed by atoms with van der Waals surface area (Å²) >= 11 is 5.84. The molecular weight excluding hydrogens is 425 g/mol. The van der Waals surface area contributed by atoms with Gasteiger partial charge in [-0.3, -0.25) is 9.79 Å². The number of anilines is 3. The third kappa shape index (κ3) is 6.54. The summed E-state index contributed by atoms with van der Waals surface area (Å²) in [7, 11) is 0. The van der Waals surface area contributed by atoms with Crippen LogP contribution in [0, 0.1) is 5.82 Å². The quantitative estimate of drug-likeness (QED) is 0.453. The number of rotatable bonds is 5. The number of aliphatic imine (C=N–C) groups is 1. The first-order valence-corrected chi connectivity index (χ1v) is 11.3. The minimum Gasteiger partial charge on any atom is -0.399 e. The lowest BCUT2D eigenvalue weighted by molar-refractivity contribution is -0.113. The van der Waals surface area contributed by atoms with Gasteiger partial charge in [0.15, 0.2) is 5.78 Å². The first-order valence-electron chi connectivity index (χ1n) is 10.9. The van der Waals surface area contributed by atoms with Crippen molar-refractivity contribution in [2.45, 2.75) is 54.5 Å². The van der Waals surface area contributed by atoms with E-state index in [1.165, 1.54) is 13.0 Å².